The van der Waals surface area contributed by atoms with Gasteiger partial charge in [-0.2, -0.15) is 17.5 Å². The number of likely N-dealkylation sites (tertiary alicyclic amines) is 1. The van der Waals surface area contributed by atoms with Gasteiger partial charge >= 0.3 is 18.1 Å². The van der Waals surface area contributed by atoms with E-state index in [1.165, 1.54) is 37.5 Å². The van der Waals surface area contributed by atoms with E-state index in [2.05, 4.69) is 10.2 Å². The molecule has 4 rings (SSSR count). The number of nitrogens with zero attached hydrogens (tertiary/aromatic N) is 2. The number of halogens is 4. The first kappa shape index (κ1) is 37.0. The summed E-state index contributed by atoms with van der Waals surface area (Å²) in [5.41, 5.74) is 6.71. The van der Waals surface area contributed by atoms with Gasteiger partial charge in [-0.15, -0.1) is 0 Å². The van der Waals surface area contributed by atoms with Crippen LogP contribution in [0.1, 0.15) is 31.2 Å². The molecule has 46 heavy (non-hydrogen) atoms. The molecule has 0 spiro atoms. The molecule has 12 nitrogen and oxygen atoms in total. The average Bonchev–Trinajstić information content (AvgIpc) is 3.40. The highest BCUT2D eigenvalue weighted by Gasteiger charge is 2.43. The van der Waals surface area contributed by atoms with E-state index in [1.807, 2.05) is 0 Å². The van der Waals surface area contributed by atoms with E-state index in [1.54, 1.807) is 30.3 Å². The number of carboxylic acids is 2. The highest BCUT2D eigenvalue weighted by molar-refractivity contribution is 7.89. The number of alkyl halides is 3. The lowest BCUT2D eigenvalue weighted by Crippen LogP contribution is -2.51. The minimum absolute atomic E-state index is 0.0228. The van der Waals surface area contributed by atoms with Gasteiger partial charge in [-0.1, -0.05) is 36.2 Å². The zero-order valence-electron chi connectivity index (χ0n) is 24.7. The van der Waals surface area contributed by atoms with Crippen molar-refractivity contribution < 1.29 is 50.9 Å². The Balaban J connectivity index is 0.000000738. The lowest BCUT2D eigenvalue weighted by Gasteiger charge is -2.26. The summed E-state index contributed by atoms with van der Waals surface area (Å²) in [6.07, 6.45) is -1.26. The highest BCUT2D eigenvalue weighted by Crippen LogP contribution is 2.27. The van der Waals surface area contributed by atoms with Crippen molar-refractivity contribution in [3.05, 3.63) is 59.1 Å². The van der Waals surface area contributed by atoms with E-state index in [0.29, 0.717) is 17.9 Å². The monoisotopic (exact) mass is 692 g/mol. The smallest absolute Gasteiger partial charge is 0.490 e. The van der Waals surface area contributed by atoms with Crippen LogP contribution in [0.25, 0.3) is 0 Å². The van der Waals surface area contributed by atoms with Crippen LogP contribution >= 0.6 is 11.6 Å². The van der Waals surface area contributed by atoms with Gasteiger partial charge in [0.15, 0.2) is 0 Å². The fourth-order valence-corrected chi connectivity index (χ4v) is 6.96. The van der Waals surface area contributed by atoms with Crippen LogP contribution in [0.5, 0.6) is 5.75 Å². The quantitative estimate of drug-likeness (QED) is 0.274. The maximum absolute atomic E-state index is 13.3. The first-order valence-corrected chi connectivity index (χ1v) is 16.2. The average molecular weight is 693 g/mol. The van der Waals surface area contributed by atoms with Gasteiger partial charge in [0, 0.05) is 30.6 Å². The van der Waals surface area contributed by atoms with E-state index >= 15 is 0 Å². The van der Waals surface area contributed by atoms with Crippen molar-refractivity contribution in [3.63, 3.8) is 0 Å². The predicted octanol–water partition coefficient (Wildman–Crippen LogP) is 2.74. The molecule has 2 heterocycles. The highest BCUT2D eigenvalue weighted by atomic mass is 35.5. The Labute approximate surface area is 269 Å². The number of sulfonamides is 1. The van der Waals surface area contributed by atoms with Crippen LogP contribution in [-0.2, 0) is 30.8 Å². The fourth-order valence-electron chi connectivity index (χ4n) is 5.00. The van der Waals surface area contributed by atoms with Crippen molar-refractivity contribution in [2.24, 2.45) is 5.73 Å². The number of ether oxygens (including phenoxy) is 1. The number of nitrogens with one attached hydrogen (secondary N) is 1. The number of amides is 1. The van der Waals surface area contributed by atoms with E-state index < -0.39 is 52.2 Å². The molecule has 0 aromatic heterocycles. The number of hydrogen-bond donors (Lipinski definition) is 4. The number of benzene rings is 2. The van der Waals surface area contributed by atoms with Crippen molar-refractivity contribution in [3.8, 4) is 5.75 Å². The topological polar surface area (TPSA) is 180 Å². The Morgan fingerprint density at radius 3 is 2.26 bits per heavy atom. The van der Waals surface area contributed by atoms with E-state index in [0.717, 1.165) is 23.9 Å². The van der Waals surface area contributed by atoms with Crippen molar-refractivity contribution >= 4 is 39.5 Å². The molecule has 0 aliphatic carbocycles. The number of hydrogen-bond acceptors (Lipinski definition) is 8. The second-order valence-corrected chi connectivity index (χ2v) is 13.2. The Bertz CT molecular complexity index is 1460. The van der Waals surface area contributed by atoms with E-state index in [-0.39, 0.29) is 29.3 Å². The molecule has 2 fully saturated rings. The van der Waals surface area contributed by atoms with Crippen molar-refractivity contribution in [1.29, 1.82) is 0 Å². The van der Waals surface area contributed by atoms with Crippen molar-refractivity contribution in [2.45, 2.75) is 61.3 Å². The number of rotatable bonds is 11. The first-order chi connectivity index (χ1) is 21.6. The molecule has 0 saturated carbocycles. The van der Waals surface area contributed by atoms with Gasteiger partial charge in [-0.25, -0.2) is 18.0 Å². The molecule has 2 aromatic rings. The third-order valence-electron chi connectivity index (χ3n) is 7.34. The molecule has 2 saturated heterocycles. The molecule has 1 amide bonds. The Kier molecular flexibility index (Phi) is 13.2. The summed E-state index contributed by atoms with van der Waals surface area (Å²) in [6, 6.07) is 9.87. The third kappa shape index (κ3) is 10.8. The summed E-state index contributed by atoms with van der Waals surface area (Å²) in [6.45, 7) is 3.57. The van der Waals surface area contributed by atoms with Crippen LogP contribution in [0, 0.1) is 0 Å². The standard InChI is InChI=1S/C27H35ClN4O6S.C2HF3O2/c28-20-5-4-6-23(16-20)39(36,37)32-18-21(29)17-25(32)26(33)30-24(27(34)35)15-19-7-9-22(10-8-19)38-14-13-31-11-2-1-3-12-31;3-2(4,5)1(6)7/h4-10,16,21,24-25H,1-3,11-15,17-18,29H2,(H,30,33)(H,34,35);(H,6,7)/t21-,24+,25+;/m1./s1. The van der Waals surface area contributed by atoms with Gasteiger partial charge in [0.25, 0.3) is 0 Å². The molecular weight excluding hydrogens is 657 g/mol. The number of aliphatic carboxylic acids is 2. The summed E-state index contributed by atoms with van der Waals surface area (Å²) in [4.78, 5) is 36.4. The van der Waals surface area contributed by atoms with Gasteiger partial charge in [0.2, 0.25) is 15.9 Å². The maximum Gasteiger partial charge on any atom is 0.490 e. The minimum Gasteiger partial charge on any atom is -0.492 e. The minimum atomic E-state index is -5.08. The number of piperidine rings is 1. The maximum atomic E-state index is 13.3. The van der Waals surface area contributed by atoms with Crippen LogP contribution in [0.4, 0.5) is 13.2 Å². The van der Waals surface area contributed by atoms with Crippen LogP contribution in [0.15, 0.2) is 53.4 Å². The first-order valence-electron chi connectivity index (χ1n) is 14.4. The molecule has 2 aromatic carbocycles. The second kappa shape index (κ2) is 16.4. The molecule has 2 aliphatic heterocycles. The molecule has 0 radical (unpaired) electrons. The van der Waals surface area contributed by atoms with Crippen LogP contribution in [-0.4, -0.2) is 103 Å². The van der Waals surface area contributed by atoms with E-state index in [9.17, 15) is 36.3 Å². The largest absolute Gasteiger partial charge is 0.492 e. The fraction of sp³-hybridized carbons (Fsp3) is 0.483. The van der Waals surface area contributed by atoms with Gasteiger partial charge < -0.3 is 26.0 Å². The Hall–Kier alpha value is -3.44. The number of carboxylic acid groups (broad SMARTS) is 2. The lowest BCUT2D eigenvalue weighted by molar-refractivity contribution is -0.192. The van der Waals surface area contributed by atoms with E-state index in [4.69, 9.17) is 32.0 Å². The molecule has 254 valence electrons. The molecule has 0 unspecified atom stereocenters. The van der Waals surface area contributed by atoms with Crippen LogP contribution in [0.3, 0.4) is 0 Å². The molecule has 2 aliphatic rings. The third-order valence-corrected chi connectivity index (χ3v) is 9.44. The Morgan fingerprint density at radius 1 is 1.07 bits per heavy atom. The predicted molar refractivity (Wildman–Crippen MR) is 161 cm³/mol. The van der Waals surface area contributed by atoms with Gasteiger partial charge in [0.05, 0.1) is 4.90 Å². The van der Waals surface area contributed by atoms with Crippen molar-refractivity contribution in [2.75, 3.05) is 32.8 Å². The molecular formula is C29H36ClF3N4O8S. The SMILES string of the molecule is N[C@@H]1C[C@@H](C(=O)N[C@@H](Cc2ccc(OCCN3CCCCC3)cc2)C(=O)O)N(S(=O)(=O)c2cccc(Cl)c2)C1.O=C(O)C(F)(F)F. The number of nitrogens with two attached hydrogens (primary N) is 1. The molecule has 5 N–H and O–H groups in total. The summed E-state index contributed by atoms with van der Waals surface area (Å²) in [7, 11) is -4.08. The summed E-state index contributed by atoms with van der Waals surface area (Å²) in [5.74, 6) is -4.00. The summed E-state index contributed by atoms with van der Waals surface area (Å²) < 4.78 is 65.1. The normalized spacial score (nSPS) is 19.8. The van der Waals surface area contributed by atoms with Crippen LogP contribution < -0.4 is 15.8 Å². The van der Waals surface area contributed by atoms with Crippen LogP contribution in [0.2, 0.25) is 5.02 Å². The summed E-state index contributed by atoms with van der Waals surface area (Å²) in [5, 5.41) is 19.7. The number of carbonyl (C=O) groups excluding carboxylic acids is 1. The zero-order valence-corrected chi connectivity index (χ0v) is 26.2. The molecule has 3 atom stereocenters. The van der Waals surface area contributed by atoms with Gasteiger partial charge in [-0.05, 0) is 68.2 Å². The Morgan fingerprint density at radius 2 is 1.70 bits per heavy atom. The zero-order chi connectivity index (χ0) is 34.1. The summed E-state index contributed by atoms with van der Waals surface area (Å²) >= 11 is 5.97. The van der Waals surface area contributed by atoms with Crippen molar-refractivity contribution in [1.82, 2.24) is 14.5 Å². The van der Waals surface area contributed by atoms with Gasteiger partial charge in [0.1, 0.15) is 24.4 Å². The molecule has 17 heteroatoms. The molecule has 0 bridgehead atoms. The number of carbonyl (C=O) groups is 3. The second-order valence-electron chi connectivity index (χ2n) is 10.8. The lowest BCUT2D eigenvalue weighted by atomic mass is 10.0. The van der Waals surface area contributed by atoms with Gasteiger partial charge in [-0.3, -0.25) is 9.69 Å².